The molecule has 2 atom stereocenters. The van der Waals surface area contributed by atoms with E-state index in [0.717, 1.165) is 35.2 Å². The van der Waals surface area contributed by atoms with E-state index in [1.807, 2.05) is 30.3 Å². The minimum Gasteiger partial charge on any atom is -0.349 e. The SMILES string of the molecule is CC1CCC(NC(=O)c2ccc3ncccc3c2)C1. The molecule has 0 saturated heterocycles. The van der Waals surface area contributed by atoms with Crippen molar-refractivity contribution in [1.29, 1.82) is 0 Å². The number of aromatic nitrogens is 1. The van der Waals surface area contributed by atoms with E-state index in [1.165, 1.54) is 6.42 Å². The van der Waals surface area contributed by atoms with E-state index in [4.69, 9.17) is 0 Å². The number of carbonyl (C=O) groups is 1. The standard InChI is InChI=1S/C16H18N2O/c1-11-4-6-14(9-11)18-16(19)13-5-7-15-12(10-13)3-2-8-17-15/h2-3,5,7-8,10-11,14H,4,6,9H2,1H3,(H,18,19). The molecule has 0 radical (unpaired) electrons. The maximum atomic E-state index is 12.2. The Hall–Kier alpha value is -1.90. The monoisotopic (exact) mass is 254 g/mol. The third kappa shape index (κ3) is 2.60. The summed E-state index contributed by atoms with van der Waals surface area (Å²) in [6.07, 6.45) is 5.18. The van der Waals surface area contributed by atoms with E-state index in [-0.39, 0.29) is 5.91 Å². The van der Waals surface area contributed by atoms with Crippen LogP contribution in [0, 0.1) is 5.92 Å². The summed E-state index contributed by atoms with van der Waals surface area (Å²) in [7, 11) is 0. The molecular formula is C16H18N2O. The van der Waals surface area contributed by atoms with Crippen LogP contribution in [0.2, 0.25) is 0 Å². The van der Waals surface area contributed by atoms with Crippen molar-refractivity contribution in [3.63, 3.8) is 0 Å². The van der Waals surface area contributed by atoms with Crippen LogP contribution in [0.5, 0.6) is 0 Å². The summed E-state index contributed by atoms with van der Waals surface area (Å²) >= 11 is 0. The van der Waals surface area contributed by atoms with Gasteiger partial charge in [-0.3, -0.25) is 9.78 Å². The number of benzene rings is 1. The molecule has 1 fully saturated rings. The molecule has 2 aromatic rings. The van der Waals surface area contributed by atoms with Crippen molar-refractivity contribution in [1.82, 2.24) is 10.3 Å². The third-order valence-corrected chi connectivity index (χ3v) is 3.90. The zero-order valence-electron chi connectivity index (χ0n) is 11.1. The number of nitrogens with zero attached hydrogens (tertiary/aromatic N) is 1. The van der Waals surface area contributed by atoms with E-state index in [0.29, 0.717) is 6.04 Å². The van der Waals surface area contributed by atoms with Crippen molar-refractivity contribution in [3.05, 3.63) is 42.1 Å². The molecule has 98 valence electrons. The lowest BCUT2D eigenvalue weighted by atomic mass is 10.1. The maximum Gasteiger partial charge on any atom is 0.251 e. The number of carbonyl (C=O) groups excluding carboxylic acids is 1. The van der Waals surface area contributed by atoms with Crippen LogP contribution in [-0.4, -0.2) is 16.9 Å². The second-order valence-electron chi connectivity index (χ2n) is 5.50. The number of hydrogen-bond donors (Lipinski definition) is 1. The Kier molecular flexibility index (Phi) is 3.20. The van der Waals surface area contributed by atoms with Gasteiger partial charge in [0.25, 0.3) is 5.91 Å². The Bertz CT molecular complexity index is 608. The summed E-state index contributed by atoms with van der Waals surface area (Å²) in [6, 6.07) is 9.88. The molecule has 1 aliphatic carbocycles. The minimum absolute atomic E-state index is 0.0323. The number of rotatable bonds is 2. The van der Waals surface area contributed by atoms with Gasteiger partial charge >= 0.3 is 0 Å². The third-order valence-electron chi connectivity index (χ3n) is 3.90. The fourth-order valence-electron chi connectivity index (χ4n) is 2.82. The Morgan fingerprint density at radius 3 is 3.00 bits per heavy atom. The average molecular weight is 254 g/mol. The van der Waals surface area contributed by atoms with Crippen LogP contribution in [0.15, 0.2) is 36.5 Å². The maximum absolute atomic E-state index is 12.2. The summed E-state index contributed by atoms with van der Waals surface area (Å²) < 4.78 is 0. The number of amides is 1. The largest absolute Gasteiger partial charge is 0.349 e. The predicted molar refractivity (Wildman–Crippen MR) is 76.0 cm³/mol. The molecule has 1 aromatic carbocycles. The Labute approximate surface area is 113 Å². The van der Waals surface area contributed by atoms with Gasteiger partial charge in [0.15, 0.2) is 0 Å². The van der Waals surface area contributed by atoms with Gasteiger partial charge < -0.3 is 5.32 Å². The lowest BCUT2D eigenvalue weighted by molar-refractivity contribution is 0.0937. The smallest absolute Gasteiger partial charge is 0.251 e. The fourth-order valence-corrected chi connectivity index (χ4v) is 2.82. The van der Waals surface area contributed by atoms with Gasteiger partial charge in [-0.15, -0.1) is 0 Å². The molecule has 3 rings (SSSR count). The highest BCUT2D eigenvalue weighted by atomic mass is 16.1. The van der Waals surface area contributed by atoms with Crippen LogP contribution in [0.3, 0.4) is 0 Å². The molecule has 3 nitrogen and oxygen atoms in total. The average Bonchev–Trinajstić information content (AvgIpc) is 2.83. The van der Waals surface area contributed by atoms with Crippen molar-refractivity contribution >= 4 is 16.8 Å². The molecular weight excluding hydrogens is 236 g/mol. The molecule has 1 amide bonds. The van der Waals surface area contributed by atoms with Gasteiger partial charge in [0.2, 0.25) is 0 Å². The van der Waals surface area contributed by atoms with Gasteiger partial charge in [-0.05, 0) is 49.4 Å². The quantitative estimate of drug-likeness (QED) is 0.894. The van der Waals surface area contributed by atoms with E-state index in [2.05, 4.69) is 17.2 Å². The molecule has 1 N–H and O–H groups in total. The molecule has 1 heterocycles. The minimum atomic E-state index is 0.0323. The summed E-state index contributed by atoms with van der Waals surface area (Å²) in [6.45, 7) is 2.24. The molecule has 1 aliphatic rings. The lowest BCUT2D eigenvalue weighted by Gasteiger charge is -2.12. The first-order chi connectivity index (χ1) is 9.22. The number of pyridine rings is 1. The first kappa shape index (κ1) is 12.2. The Morgan fingerprint density at radius 1 is 1.32 bits per heavy atom. The van der Waals surface area contributed by atoms with Crippen molar-refractivity contribution in [3.8, 4) is 0 Å². The van der Waals surface area contributed by atoms with Crippen LogP contribution in [-0.2, 0) is 0 Å². The highest BCUT2D eigenvalue weighted by molar-refractivity contribution is 5.98. The van der Waals surface area contributed by atoms with Crippen LogP contribution in [0.25, 0.3) is 10.9 Å². The number of nitrogens with one attached hydrogen (secondary N) is 1. The fraction of sp³-hybridized carbons (Fsp3) is 0.375. The van der Waals surface area contributed by atoms with Gasteiger partial charge in [0.05, 0.1) is 5.52 Å². The summed E-state index contributed by atoms with van der Waals surface area (Å²) in [5.41, 5.74) is 1.65. The normalized spacial score (nSPS) is 22.6. The Morgan fingerprint density at radius 2 is 2.21 bits per heavy atom. The second kappa shape index (κ2) is 5.00. The first-order valence-electron chi connectivity index (χ1n) is 6.88. The van der Waals surface area contributed by atoms with Crippen LogP contribution >= 0.6 is 0 Å². The summed E-state index contributed by atoms with van der Waals surface area (Å²) in [5.74, 6) is 0.760. The zero-order valence-corrected chi connectivity index (χ0v) is 11.1. The molecule has 3 heteroatoms. The number of fused-ring (bicyclic) bond motifs is 1. The van der Waals surface area contributed by atoms with Gasteiger partial charge in [0, 0.05) is 23.2 Å². The van der Waals surface area contributed by atoms with Crippen molar-refractivity contribution in [2.24, 2.45) is 5.92 Å². The van der Waals surface area contributed by atoms with E-state index < -0.39 is 0 Å². The van der Waals surface area contributed by atoms with Crippen LogP contribution in [0.1, 0.15) is 36.5 Å². The van der Waals surface area contributed by atoms with Gasteiger partial charge in [-0.2, -0.15) is 0 Å². The van der Waals surface area contributed by atoms with Crippen molar-refractivity contribution < 1.29 is 4.79 Å². The predicted octanol–water partition coefficient (Wildman–Crippen LogP) is 3.15. The van der Waals surface area contributed by atoms with E-state index in [1.54, 1.807) is 6.20 Å². The van der Waals surface area contributed by atoms with Gasteiger partial charge in [0.1, 0.15) is 0 Å². The molecule has 1 aromatic heterocycles. The molecule has 0 aliphatic heterocycles. The topological polar surface area (TPSA) is 42.0 Å². The van der Waals surface area contributed by atoms with Crippen molar-refractivity contribution in [2.75, 3.05) is 0 Å². The lowest BCUT2D eigenvalue weighted by Crippen LogP contribution is -2.32. The van der Waals surface area contributed by atoms with Crippen LogP contribution in [0.4, 0.5) is 0 Å². The van der Waals surface area contributed by atoms with Crippen LogP contribution < -0.4 is 5.32 Å². The zero-order chi connectivity index (χ0) is 13.2. The van der Waals surface area contributed by atoms with Gasteiger partial charge in [-0.25, -0.2) is 0 Å². The second-order valence-corrected chi connectivity index (χ2v) is 5.50. The molecule has 1 saturated carbocycles. The van der Waals surface area contributed by atoms with Crippen molar-refractivity contribution in [2.45, 2.75) is 32.2 Å². The van der Waals surface area contributed by atoms with E-state index >= 15 is 0 Å². The van der Waals surface area contributed by atoms with E-state index in [9.17, 15) is 4.79 Å². The highest BCUT2D eigenvalue weighted by Crippen LogP contribution is 2.25. The molecule has 0 bridgehead atoms. The number of hydrogen-bond acceptors (Lipinski definition) is 2. The summed E-state index contributed by atoms with van der Waals surface area (Å²) in [5, 5.41) is 4.14. The van der Waals surface area contributed by atoms with Gasteiger partial charge in [-0.1, -0.05) is 13.0 Å². The summed E-state index contributed by atoms with van der Waals surface area (Å²) in [4.78, 5) is 16.5. The molecule has 19 heavy (non-hydrogen) atoms. The highest BCUT2D eigenvalue weighted by Gasteiger charge is 2.23. The Balaban J connectivity index is 1.77. The molecule has 0 spiro atoms. The molecule has 2 unspecified atom stereocenters. The first-order valence-corrected chi connectivity index (χ1v) is 6.88.